The van der Waals surface area contributed by atoms with Crippen molar-refractivity contribution in [3.05, 3.63) is 0 Å². The number of hydrogen-bond acceptors (Lipinski definition) is 4. The minimum absolute atomic E-state index is 0.0826. The van der Waals surface area contributed by atoms with E-state index in [4.69, 9.17) is 4.74 Å². The highest BCUT2D eigenvalue weighted by Crippen LogP contribution is 2.07. The zero-order valence-corrected chi connectivity index (χ0v) is 11.4. The lowest BCUT2D eigenvalue weighted by Crippen LogP contribution is -2.39. The molecule has 4 heteroatoms. The quantitative estimate of drug-likeness (QED) is 0.584. The van der Waals surface area contributed by atoms with Crippen LogP contribution in [0.3, 0.4) is 0 Å². The third kappa shape index (κ3) is 7.34. The van der Waals surface area contributed by atoms with Gasteiger partial charge in [-0.25, -0.2) is 0 Å². The Morgan fingerprint density at radius 2 is 1.88 bits per heavy atom. The maximum atomic E-state index is 11.5. The Morgan fingerprint density at radius 1 is 1.24 bits per heavy atom. The van der Waals surface area contributed by atoms with Crippen LogP contribution in [0.2, 0.25) is 0 Å². The molecule has 0 radical (unpaired) electrons. The van der Waals surface area contributed by atoms with Gasteiger partial charge in [0, 0.05) is 12.1 Å². The van der Waals surface area contributed by atoms with Crippen molar-refractivity contribution in [1.82, 2.24) is 10.2 Å². The maximum absolute atomic E-state index is 11.5. The molecule has 17 heavy (non-hydrogen) atoms. The summed E-state index contributed by atoms with van der Waals surface area (Å²) in [6.07, 6.45) is 3.71. The molecule has 100 valence electrons. The van der Waals surface area contributed by atoms with Gasteiger partial charge >= 0.3 is 5.97 Å². The van der Waals surface area contributed by atoms with Gasteiger partial charge in [0.05, 0.1) is 6.54 Å². The topological polar surface area (TPSA) is 41.6 Å². The minimum atomic E-state index is -0.0948. The molecule has 1 aliphatic heterocycles. The van der Waals surface area contributed by atoms with E-state index < -0.39 is 0 Å². The highest BCUT2D eigenvalue weighted by molar-refractivity contribution is 5.71. The van der Waals surface area contributed by atoms with Crippen LogP contribution in [0, 0.1) is 0 Å². The monoisotopic (exact) mass is 242 g/mol. The van der Waals surface area contributed by atoms with E-state index in [-0.39, 0.29) is 11.5 Å². The molecule has 0 aliphatic carbocycles. The predicted molar refractivity (Wildman–Crippen MR) is 69.0 cm³/mol. The van der Waals surface area contributed by atoms with Crippen molar-refractivity contribution in [2.75, 3.05) is 32.8 Å². The molecule has 1 saturated heterocycles. The van der Waals surface area contributed by atoms with Crippen LogP contribution in [0.5, 0.6) is 0 Å². The fraction of sp³-hybridized carbons (Fsp3) is 0.923. The molecule has 0 bridgehead atoms. The third-order valence-electron chi connectivity index (χ3n) is 2.82. The molecule has 0 aromatic rings. The second kappa shape index (κ2) is 6.97. The lowest BCUT2D eigenvalue weighted by atomic mass is 10.1. The van der Waals surface area contributed by atoms with Crippen LogP contribution in [0.15, 0.2) is 0 Å². The Bertz CT molecular complexity index is 230. The van der Waals surface area contributed by atoms with Crippen molar-refractivity contribution < 1.29 is 9.53 Å². The lowest BCUT2D eigenvalue weighted by Gasteiger charge is -2.25. The summed E-state index contributed by atoms with van der Waals surface area (Å²) in [4.78, 5) is 13.7. The van der Waals surface area contributed by atoms with Crippen molar-refractivity contribution >= 4 is 5.97 Å². The molecule has 0 amide bonds. The average molecular weight is 242 g/mol. The van der Waals surface area contributed by atoms with Crippen LogP contribution in [0.25, 0.3) is 0 Å². The summed E-state index contributed by atoms with van der Waals surface area (Å²) in [5.74, 6) is -0.0948. The Morgan fingerprint density at radius 3 is 2.47 bits per heavy atom. The van der Waals surface area contributed by atoms with Gasteiger partial charge in [0.15, 0.2) is 0 Å². The number of ether oxygens (including phenoxy) is 1. The summed E-state index contributed by atoms with van der Waals surface area (Å²) < 4.78 is 5.20. The van der Waals surface area contributed by atoms with E-state index in [1.165, 1.54) is 19.3 Å². The number of esters is 1. The van der Waals surface area contributed by atoms with Gasteiger partial charge in [-0.1, -0.05) is 6.42 Å². The lowest BCUT2D eigenvalue weighted by molar-refractivity contribution is -0.145. The summed E-state index contributed by atoms with van der Waals surface area (Å²) in [5.41, 5.74) is 0.0826. The fourth-order valence-corrected chi connectivity index (χ4v) is 1.94. The van der Waals surface area contributed by atoms with E-state index in [0.717, 1.165) is 19.6 Å². The van der Waals surface area contributed by atoms with E-state index in [1.807, 2.05) is 0 Å². The molecule has 0 saturated carbocycles. The number of hydrogen-bond donors (Lipinski definition) is 1. The molecule has 1 rings (SSSR count). The van der Waals surface area contributed by atoms with Gasteiger partial charge in [-0.05, 0) is 46.7 Å². The Balaban J connectivity index is 2.04. The maximum Gasteiger partial charge on any atom is 0.320 e. The molecule has 4 nitrogen and oxygen atoms in total. The van der Waals surface area contributed by atoms with Crippen LogP contribution in [0.1, 0.15) is 40.0 Å². The first-order chi connectivity index (χ1) is 7.97. The van der Waals surface area contributed by atoms with Gasteiger partial charge < -0.3 is 10.1 Å². The first kappa shape index (κ1) is 14.5. The number of nitrogens with zero attached hydrogens (tertiary/aromatic N) is 1. The summed E-state index contributed by atoms with van der Waals surface area (Å²) in [6, 6.07) is 0. The Labute approximate surface area is 105 Å². The zero-order chi connectivity index (χ0) is 12.7. The van der Waals surface area contributed by atoms with Crippen LogP contribution < -0.4 is 5.32 Å². The molecule has 0 atom stereocenters. The molecule has 1 N–H and O–H groups in total. The molecule has 1 aliphatic rings. The van der Waals surface area contributed by atoms with Gasteiger partial charge in [-0.2, -0.15) is 0 Å². The molecule has 0 unspecified atom stereocenters. The smallest absolute Gasteiger partial charge is 0.320 e. The van der Waals surface area contributed by atoms with Gasteiger partial charge in [0.1, 0.15) is 6.61 Å². The predicted octanol–water partition coefficient (Wildman–Crippen LogP) is 1.40. The van der Waals surface area contributed by atoms with Crippen molar-refractivity contribution in [2.45, 2.75) is 45.6 Å². The second-order valence-corrected chi connectivity index (χ2v) is 5.73. The SMILES string of the molecule is CC(C)(C)NCCOC(=O)CN1CCCCC1. The van der Waals surface area contributed by atoms with Crippen molar-refractivity contribution in [2.24, 2.45) is 0 Å². The second-order valence-electron chi connectivity index (χ2n) is 5.73. The summed E-state index contributed by atoms with van der Waals surface area (Å²) >= 11 is 0. The van der Waals surface area contributed by atoms with Crippen molar-refractivity contribution in [1.29, 1.82) is 0 Å². The number of carbonyl (C=O) groups excluding carboxylic acids is 1. The van der Waals surface area contributed by atoms with Gasteiger partial charge in [0.2, 0.25) is 0 Å². The summed E-state index contributed by atoms with van der Waals surface area (Å²) in [5, 5.41) is 3.29. The number of nitrogens with one attached hydrogen (secondary N) is 1. The van der Waals surface area contributed by atoms with E-state index in [1.54, 1.807) is 0 Å². The molecular formula is C13H26N2O2. The van der Waals surface area contributed by atoms with Crippen LogP contribution in [-0.4, -0.2) is 49.2 Å². The number of rotatable bonds is 5. The average Bonchev–Trinajstić information content (AvgIpc) is 2.25. The first-order valence-electron chi connectivity index (χ1n) is 6.60. The summed E-state index contributed by atoms with van der Waals surface area (Å²) in [7, 11) is 0. The highest BCUT2D eigenvalue weighted by Gasteiger charge is 2.14. The summed E-state index contributed by atoms with van der Waals surface area (Å²) in [6.45, 7) is 10.0. The number of likely N-dealkylation sites (tertiary alicyclic amines) is 1. The van der Waals surface area contributed by atoms with Crippen molar-refractivity contribution in [3.63, 3.8) is 0 Å². The van der Waals surface area contributed by atoms with Crippen molar-refractivity contribution in [3.8, 4) is 0 Å². The largest absolute Gasteiger partial charge is 0.463 e. The minimum Gasteiger partial charge on any atom is -0.463 e. The normalized spacial score (nSPS) is 18.1. The van der Waals surface area contributed by atoms with Gasteiger partial charge in [-0.15, -0.1) is 0 Å². The Hall–Kier alpha value is -0.610. The molecule has 0 aromatic carbocycles. The van der Waals surface area contributed by atoms with Crippen LogP contribution in [-0.2, 0) is 9.53 Å². The van der Waals surface area contributed by atoms with E-state index in [2.05, 4.69) is 31.0 Å². The molecular weight excluding hydrogens is 216 g/mol. The first-order valence-corrected chi connectivity index (χ1v) is 6.60. The number of piperidine rings is 1. The number of carbonyl (C=O) groups is 1. The standard InChI is InChI=1S/C13H26N2O2/c1-13(2,3)14-7-10-17-12(16)11-15-8-5-4-6-9-15/h14H,4-11H2,1-3H3. The van der Waals surface area contributed by atoms with Gasteiger partial charge in [0.25, 0.3) is 0 Å². The van der Waals surface area contributed by atoms with E-state index in [0.29, 0.717) is 13.2 Å². The third-order valence-corrected chi connectivity index (χ3v) is 2.82. The Kier molecular flexibility index (Phi) is 5.92. The van der Waals surface area contributed by atoms with Gasteiger partial charge in [-0.3, -0.25) is 9.69 Å². The van der Waals surface area contributed by atoms with Crippen LogP contribution in [0.4, 0.5) is 0 Å². The van der Waals surface area contributed by atoms with Crippen LogP contribution >= 0.6 is 0 Å². The molecule has 1 fully saturated rings. The molecule has 1 heterocycles. The van der Waals surface area contributed by atoms with E-state index >= 15 is 0 Å². The molecule has 0 aromatic heterocycles. The fourth-order valence-electron chi connectivity index (χ4n) is 1.94. The highest BCUT2D eigenvalue weighted by atomic mass is 16.5. The molecule has 0 spiro atoms. The zero-order valence-electron chi connectivity index (χ0n) is 11.4. The van der Waals surface area contributed by atoms with E-state index in [9.17, 15) is 4.79 Å².